The quantitative estimate of drug-likeness (QED) is 0.540. The van der Waals surface area contributed by atoms with Crippen molar-refractivity contribution in [2.24, 2.45) is 5.92 Å². The number of esters is 1. The van der Waals surface area contributed by atoms with Crippen LogP contribution in [0.3, 0.4) is 0 Å². The van der Waals surface area contributed by atoms with Crippen molar-refractivity contribution in [2.45, 2.75) is 46.5 Å². The van der Waals surface area contributed by atoms with Crippen LogP contribution in [-0.2, 0) is 28.8 Å². The maximum atomic E-state index is 12.5. The minimum absolute atomic E-state index is 0.134. The van der Waals surface area contributed by atoms with E-state index >= 15 is 0 Å². The Bertz CT molecular complexity index is 908. The molecule has 1 amide bonds. The molecule has 1 unspecified atom stereocenters. The molecule has 1 atom stereocenters. The average Bonchev–Trinajstić information content (AvgIpc) is 3.03. The molecule has 2 aromatic rings. The zero-order chi connectivity index (χ0) is 21.0. The van der Waals surface area contributed by atoms with Crippen LogP contribution in [-0.4, -0.2) is 25.1 Å². The first kappa shape index (κ1) is 21.8. The summed E-state index contributed by atoms with van der Waals surface area (Å²) in [6.07, 6.45) is 3.73. The zero-order valence-electron chi connectivity index (χ0n) is 17.0. The number of ether oxygens (including phenoxy) is 2. The van der Waals surface area contributed by atoms with E-state index in [9.17, 15) is 9.59 Å². The highest BCUT2D eigenvalue weighted by Crippen LogP contribution is 2.40. The molecule has 1 aliphatic carbocycles. The summed E-state index contributed by atoms with van der Waals surface area (Å²) < 4.78 is 11.7. The third kappa shape index (κ3) is 5.20. The first-order valence-electron chi connectivity index (χ1n) is 9.95. The van der Waals surface area contributed by atoms with Gasteiger partial charge in [-0.2, -0.15) is 0 Å². The van der Waals surface area contributed by atoms with E-state index in [1.165, 1.54) is 21.8 Å². The van der Waals surface area contributed by atoms with Gasteiger partial charge in [0, 0.05) is 4.88 Å². The number of thiophene rings is 1. The van der Waals surface area contributed by atoms with Crippen molar-refractivity contribution in [2.75, 3.05) is 18.5 Å². The fourth-order valence-electron chi connectivity index (χ4n) is 3.45. The molecule has 1 aromatic heterocycles. The zero-order valence-corrected chi connectivity index (χ0v) is 19.4. The van der Waals surface area contributed by atoms with Gasteiger partial charge < -0.3 is 14.8 Å². The molecule has 5 nitrogen and oxygen atoms in total. The highest BCUT2D eigenvalue weighted by molar-refractivity contribution is 9.10. The van der Waals surface area contributed by atoms with E-state index in [-0.39, 0.29) is 18.5 Å². The van der Waals surface area contributed by atoms with Crippen molar-refractivity contribution in [1.29, 1.82) is 0 Å². The smallest absolute Gasteiger partial charge is 0.341 e. The molecular weight excluding hydrogens is 454 g/mol. The van der Waals surface area contributed by atoms with Crippen molar-refractivity contribution in [3.63, 3.8) is 0 Å². The molecule has 0 fully saturated rings. The molecule has 0 saturated heterocycles. The van der Waals surface area contributed by atoms with Gasteiger partial charge in [-0.1, -0.05) is 19.9 Å². The Kier molecular flexibility index (Phi) is 7.35. The van der Waals surface area contributed by atoms with Gasteiger partial charge >= 0.3 is 5.97 Å². The standard InChI is InChI=1S/C22H26BrNO4S/c1-4-14-7-9-17(16(23)11-14)28-12-19(25)24-21-20(22(26)27-5-2)15-8-6-13(3)10-18(15)29-21/h7,9,11,13H,4-6,8,10,12H2,1-3H3,(H,24,25). The molecular formula is C22H26BrNO4S. The van der Waals surface area contributed by atoms with E-state index in [0.717, 1.165) is 35.7 Å². The normalized spacial score (nSPS) is 15.5. The van der Waals surface area contributed by atoms with Gasteiger partial charge in [0.05, 0.1) is 16.6 Å². The van der Waals surface area contributed by atoms with Crippen LogP contribution in [0.4, 0.5) is 5.00 Å². The molecule has 1 aromatic carbocycles. The number of halogens is 1. The number of fused-ring (bicyclic) bond motifs is 1. The SMILES string of the molecule is CCOC(=O)c1c(NC(=O)COc2ccc(CC)cc2Br)sc2c1CCC(C)C2. The fourth-order valence-corrected chi connectivity index (χ4v) is 5.40. The molecule has 156 valence electrons. The van der Waals surface area contributed by atoms with Crippen LogP contribution < -0.4 is 10.1 Å². The number of carbonyl (C=O) groups excluding carboxylic acids is 2. The highest BCUT2D eigenvalue weighted by atomic mass is 79.9. The maximum Gasteiger partial charge on any atom is 0.341 e. The predicted molar refractivity (Wildman–Crippen MR) is 119 cm³/mol. The van der Waals surface area contributed by atoms with Crippen LogP contribution in [0.15, 0.2) is 22.7 Å². The lowest BCUT2D eigenvalue weighted by Crippen LogP contribution is -2.21. The molecule has 7 heteroatoms. The summed E-state index contributed by atoms with van der Waals surface area (Å²) in [6.45, 7) is 6.24. The Morgan fingerprint density at radius 3 is 2.79 bits per heavy atom. The van der Waals surface area contributed by atoms with Crippen molar-refractivity contribution >= 4 is 44.1 Å². The third-order valence-corrected chi connectivity index (χ3v) is 6.80. The Labute approximate surface area is 183 Å². The number of nitrogens with one attached hydrogen (secondary N) is 1. The van der Waals surface area contributed by atoms with Gasteiger partial charge in [0.1, 0.15) is 10.8 Å². The third-order valence-electron chi connectivity index (χ3n) is 5.01. The maximum absolute atomic E-state index is 12.5. The molecule has 1 heterocycles. The lowest BCUT2D eigenvalue weighted by atomic mass is 9.88. The number of carbonyl (C=O) groups is 2. The van der Waals surface area contributed by atoms with Gasteiger partial charge in [0.2, 0.25) is 0 Å². The van der Waals surface area contributed by atoms with Crippen LogP contribution in [0.5, 0.6) is 5.75 Å². The lowest BCUT2D eigenvalue weighted by Gasteiger charge is -2.18. The van der Waals surface area contributed by atoms with E-state index in [1.807, 2.05) is 18.2 Å². The molecule has 0 radical (unpaired) electrons. The Hall–Kier alpha value is -1.86. The molecule has 3 rings (SSSR count). The molecule has 0 saturated carbocycles. The van der Waals surface area contributed by atoms with Crippen LogP contribution in [0.1, 0.15) is 53.6 Å². The van der Waals surface area contributed by atoms with Gasteiger partial charge in [-0.15, -0.1) is 11.3 Å². The molecule has 1 aliphatic rings. The number of rotatable bonds is 7. The van der Waals surface area contributed by atoms with E-state index < -0.39 is 0 Å². The van der Waals surface area contributed by atoms with E-state index in [0.29, 0.717) is 28.8 Å². The second-order valence-corrected chi connectivity index (χ2v) is 9.19. The summed E-state index contributed by atoms with van der Waals surface area (Å²) in [5.74, 6) is 0.524. The summed E-state index contributed by atoms with van der Waals surface area (Å²) in [4.78, 5) is 26.2. The Morgan fingerprint density at radius 2 is 2.10 bits per heavy atom. The number of benzene rings is 1. The molecule has 0 bridgehead atoms. The van der Waals surface area contributed by atoms with Crippen molar-refractivity contribution in [3.05, 3.63) is 44.2 Å². The van der Waals surface area contributed by atoms with Crippen LogP contribution in [0.25, 0.3) is 0 Å². The van der Waals surface area contributed by atoms with Crippen LogP contribution in [0.2, 0.25) is 0 Å². The van der Waals surface area contributed by atoms with Gasteiger partial charge in [-0.05, 0) is 77.7 Å². The van der Waals surface area contributed by atoms with Crippen molar-refractivity contribution < 1.29 is 19.1 Å². The van der Waals surface area contributed by atoms with E-state index in [2.05, 4.69) is 35.1 Å². The Balaban J connectivity index is 1.73. The number of aryl methyl sites for hydroxylation is 1. The van der Waals surface area contributed by atoms with Gasteiger partial charge in [-0.3, -0.25) is 4.79 Å². The predicted octanol–water partition coefficient (Wildman–Crippen LogP) is 5.39. The molecule has 1 N–H and O–H groups in total. The number of hydrogen-bond donors (Lipinski definition) is 1. The minimum atomic E-state index is -0.367. The van der Waals surface area contributed by atoms with Crippen LogP contribution in [0, 0.1) is 5.92 Å². The van der Waals surface area contributed by atoms with Gasteiger partial charge in [-0.25, -0.2) is 4.79 Å². The highest BCUT2D eigenvalue weighted by Gasteiger charge is 2.29. The minimum Gasteiger partial charge on any atom is -0.483 e. The number of amides is 1. The van der Waals surface area contributed by atoms with E-state index in [4.69, 9.17) is 9.47 Å². The molecule has 29 heavy (non-hydrogen) atoms. The van der Waals surface area contributed by atoms with Gasteiger partial charge in [0.15, 0.2) is 6.61 Å². The summed E-state index contributed by atoms with van der Waals surface area (Å²) in [6, 6.07) is 5.82. The van der Waals surface area contributed by atoms with Crippen molar-refractivity contribution in [1.82, 2.24) is 0 Å². The summed E-state index contributed by atoms with van der Waals surface area (Å²) in [7, 11) is 0. The number of anilines is 1. The summed E-state index contributed by atoms with van der Waals surface area (Å²) in [5.41, 5.74) is 2.73. The summed E-state index contributed by atoms with van der Waals surface area (Å²) in [5, 5.41) is 3.44. The topological polar surface area (TPSA) is 64.6 Å². The van der Waals surface area contributed by atoms with E-state index in [1.54, 1.807) is 6.92 Å². The first-order chi connectivity index (χ1) is 13.9. The van der Waals surface area contributed by atoms with Crippen LogP contribution >= 0.6 is 27.3 Å². The molecule has 0 aliphatic heterocycles. The second-order valence-electron chi connectivity index (χ2n) is 7.23. The average molecular weight is 480 g/mol. The van der Waals surface area contributed by atoms with Crippen molar-refractivity contribution in [3.8, 4) is 5.75 Å². The molecule has 0 spiro atoms. The largest absolute Gasteiger partial charge is 0.483 e. The van der Waals surface area contributed by atoms with Gasteiger partial charge in [0.25, 0.3) is 5.91 Å². The second kappa shape index (κ2) is 9.76. The Morgan fingerprint density at radius 1 is 1.31 bits per heavy atom. The number of hydrogen-bond acceptors (Lipinski definition) is 5. The summed E-state index contributed by atoms with van der Waals surface area (Å²) >= 11 is 4.96. The fraction of sp³-hybridized carbons (Fsp3) is 0.455. The monoisotopic (exact) mass is 479 g/mol. The first-order valence-corrected chi connectivity index (χ1v) is 11.6. The lowest BCUT2D eigenvalue weighted by molar-refractivity contribution is -0.118.